The third-order valence-corrected chi connectivity index (χ3v) is 2.66. The van der Waals surface area contributed by atoms with E-state index in [0.29, 0.717) is 13.0 Å². The molecular weight excluding hydrogens is 277 g/mol. The summed E-state index contributed by atoms with van der Waals surface area (Å²) in [6.45, 7) is 0.433. The van der Waals surface area contributed by atoms with E-state index in [1.807, 2.05) is 6.07 Å². The summed E-state index contributed by atoms with van der Waals surface area (Å²) in [6.07, 6.45) is 2.18. The van der Waals surface area contributed by atoms with Crippen LogP contribution >= 0.6 is 23.2 Å². The van der Waals surface area contributed by atoms with Crippen LogP contribution < -0.4 is 5.32 Å². The minimum Gasteiger partial charge on any atom is -0.469 e. The van der Waals surface area contributed by atoms with Crippen molar-refractivity contribution in [2.75, 3.05) is 6.54 Å². The second kappa shape index (κ2) is 5.84. The molecule has 0 saturated carbocycles. The van der Waals surface area contributed by atoms with Gasteiger partial charge in [-0.3, -0.25) is 4.79 Å². The average Bonchev–Trinajstić information content (AvgIpc) is 2.85. The average molecular weight is 286 g/mol. The first-order chi connectivity index (χ1) is 8.66. The van der Waals surface area contributed by atoms with Gasteiger partial charge in [-0.2, -0.15) is 0 Å². The van der Waals surface area contributed by atoms with Crippen molar-refractivity contribution in [1.82, 2.24) is 15.5 Å². The lowest BCUT2D eigenvalue weighted by Crippen LogP contribution is -2.26. The van der Waals surface area contributed by atoms with Crippen LogP contribution in [0.5, 0.6) is 0 Å². The molecule has 0 aromatic carbocycles. The maximum absolute atomic E-state index is 11.8. The van der Waals surface area contributed by atoms with Gasteiger partial charge in [-0.15, -0.1) is 10.2 Å². The third kappa shape index (κ3) is 3.21. The number of nitrogens with one attached hydrogen (secondary N) is 1. The van der Waals surface area contributed by atoms with Gasteiger partial charge in [0.25, 0.3) is 5.91 Å². The Morgan fingerprint density at radius 1 is 1.39 bits per heavy atom. The quantitative estimate of drug-likeness (QED) is 0.936. The molecule has 0 radical (unpaired) electrons. The molecular formula is C11H9Cl2N3O2. The maximum Gasteiger partial charge on any atom is 0.254 e. The fraction of sp³-hybridized carbons (Fsp3) is 0.182. The van der Waals surface area contributed by atoms with Crippen LogP contribution in [0.2, 0.25) is 10.3 Å². The van der Waals surface area contributed by atoms with Crippen molar-refractivity contribution < 1.29 is 9.21 Å². The summed E-state index contributed by atoms with van der Waals surface area (Å²) in [4.78, 5) is 11.8. The van der Waals surface area contributed by atoms with Gasteiger partial charge in [0.05, 0.1) is 11.8 Å². The Hall–Kier alpha value is -1.59. The molecule has 2 heterocycles. The molecule has 7 heteroatoms. The molecule has 0 atom stereocenters. The van der Waals surface area contributed by atoms with Crippen LogP contribution in [-0.4, -0.2) is 22.6 Å². The van der Waals surface area contributed by atoms with Crippen LogP contribution in [0.3, 0.4) is 0 Å². The smallest absolute Gasteiger partial charge is 0.254 e. The minimum atomic E-state index is -0.344. The largest absolute Gasteiger partial charge is 0.469 e. The summed E-state index contributed by atoms with van der Waals surface area (Å²) >= 11 is 11.4. The number of rotatable bonds is 4. The fourth-order valence-electron chi connectivity index (χ4n) is 1.36. The van der Waals surface area contributed by atoms with Gasteiger partial charge in [0.1, 0.15) is 5.76 Å². The summed E-state index contributed by atoms with van der Waals surface area (Å²) in [5, 5.41) is 9.93. The van der Waals surface area contributed by atoms with E-state index >= 15 is 0 Å². The molecule has 2 rings (SSSR count). The van der Waals surface area contributed by atoms with Crippen molar-refractivity contribution in [2.45, 2.75) is 6.42 Å². The first kappa shape index (κ1) is 12.9. The van der Waals surface area contributed by atoms with Crippen molar-refractivity contribution >= 4 is 29.1 Å². The number of nitrogens with zero attached hydrogens (tertiary/aromatic N) is 2. The van der Waals surface area contributed by atoms with Gasteiger partial charge in [-0.25, -0.2) is 0 Å². The number of carbonyl (C=O) groups excluding carboxylic acids is 1. The number of hydrogen-bond donors (Lipinski definition) is 1. The maximum atomic E-state index is 11.8. The van der Waals surface area contributed by atoms with E-state index in [2.05, 4.69) is 15.5 Å². The lowest BCUT2D eigenvalue weighted by atomic mass is 10.2. The molecule has 0 unspecified atom stereocenters. The molecule has 5 nitrogen and oxygen atoms in total. The van der Waals surface area contributed by atoms with Crippen molar-refractivity contribution in [3.8, 4) is 0 Å². The second-order valence-corrected chi connectivity index (χ2v) is 4.20. The highest BCUT2D eigenvalue weighted by molar-refractivity contribution is 6.34. The van der Waals surface area contributed by atoms with E-state index in [9.17, 15) is 4.79 Å². The van der Waals surface area contributed by atoms with Gasteiger partial charge in [-0.1, -0.05) is 23.2 Å². The van der Waals surface area contributed by atoms with Crippen LogP contribution in [0.25, 0.3) is 0 Å². The zero-order chi connectivity index (χ0) is 13.0. The Balaban J connectivity index is 1.93. The molecule has 1 amide bonds. The molecule has 18 heavy (non-hydrogen) atoms. The minimum absolute atomic E-state index is 0.0231. The number of amides is 1. The lowest BCUT2D eigenvalue weighted by molar-refractivity contribution is 0.0953. The third-order valence-electron chi connectivity index (χ3n) is 2.20. The molecule has 0 spiro atoms. The van der Waals surface area contributed by atoms with Gasteiger partial charge in [0.2, 0.25) is 0 Å². The number of carbonyl (C=O) groups is 1. The molecule has 2 aromatic rings. The molecule has 0 aliphatic carbocycles. The van der Waals surface area contributed by atoms with Crippen molar-refractivity contribution in [3.05, 3.63) is 46.1 Å². The predicted molar refractivity (Wildman–Crippen MR) is 66.8 cm³/mol. The SMILES string of the molecule is O=C(NCCc1ccco1)c1cc(Cl)nnc1Cl. The molecule has 94 valence electrons. The predicted octanol–water partition coefficient (Wildman–Crippen LogP) is 2.35. The molecule has 1 N–H and O–H groups in total. The fourth-order valence-corrected chi connectivity index (χ4v) is 1.69. The topological polar surface area (TPSA) is 68.0 Å². The zero-order valence-corrected chi connectivity index (χ0v) is 10.7. The van der Waals surface area contributed by atoms with E-state index in [-0.39, 0.29) is 21.8 Å². The first-order valence-corrected chi connectivity index (χ1v) is 5.91. The second-order valence-electron chi connectivity index (χ2n) is 3.46. The van der Waals surface area contributed by atoms with Crippen LogP contribution in [0.15, 0.2) is 28.9 Å². The highest BCUT2D eigenvalue weighted by Gasteiger charge is 2.12. The monoisotopic (exact) mass is 285 g/mol. The normalized spacial score (nSPS) is 10.3. The first-order valence-electron chi connectivity index (χ1n) is 5.16. The van der Waals surface area contributed by atoms with E-state index < -0.39 is 0 Å². The summed E-state index contributed by atoms with van der Waals surface area (Å²) in [7, 11) is 0. The Kier molecular flexibility index (Phi) is 4.17. The van der Waals surface area contributed by atoms with Crippen molar-refractivity contribution in [2.24, 2.45) is 0 Å². The van der Waals surface area contributed by atoms with E-state index in [1.54, 1.807) is 12.3 Å². The zero-order valence-electron chi connectivity index (χ0n) is 9.19. The van der Waals surface area contributed by atoms with Crippen LogP contribution in [0, 0.1) is 0 Å². The molecule has 0 saturated heterocycles. The Labute approximate surface area is 113 Å². The molecule has 0 aliphatic heterocycles. The standard InChI is InChI=1S/C11H9Cl2N3O2/c12-9-6-8(10(13)16-15-9)11(17)14-4-3-7-2-1-5-18-7/h1-2,5-6H,3-4H2,(H,14,17). The van der Waals surface area contributed by atoms with E-state index in [1.165, 1.54) is 6.07 Å². The molecule has 0 bridgehead atoms. The Morgan fingerprint density at radius 3 is 2.94 bits per heavy atom. The summed E-state index contributed by atoms with van der Waals surface area (Å²) in [6, 6.07) is 5.00. The van der Waals surface area contributed by atoms with Gasteiger partial charge in [-0.05, 0) is 18.2 Å². The number of furan rings is 1. The summed E-state index contributed by atoms with van der Waals surface area (Å²) in [5.74, 6) is 0.454. The Morgan fingerprint density at radius 2 is 2.22 bits per heavy atom. The van der Waals surface area contributed by atoms with Crippen molar-refractivity contribution in [1.29, 1.82) is 0 Å². The Bertz CT molecular complexity index is 543. The number of hydrogen-bond acceptors (Lipinski definition) is 4. The van der Waals surface area contributed by atoms with Crippen LogP contribution in [0.1, 0.15) is 16.1 Å². The van der Waals surface area contributed by atoms with Gasteiger partial charge >= 0.3 is 0 Å². The highest BCUT2D eigenvalue weighted by Crippen LogP contribution is 2.15. The van der Waals surface area contributed by atoms with Gasteiger partial charge in [0.15, 0.2) is 10.3 Å². The van der Waals surface area contributed by atoms with Crippen LogP contribution in [-0.2, 0) is 6.42 Å². The van der Waals surface area contributed by atoms with Gasteiger partial charge in [0, 0.05) is 13.0 Å². The van der Waals surface area contributed by atoms with E-state index in [0.717, 1.165) is 5.76 Å². The number of aromatic nitrogens is 2. The lowest BCUT2D eigenvalue weighted by Gasteiger charge is -2.05. The molecule has 0 aliphatic rings. The summed E-state index contributed by atoms with van der Waals surface area (Å²) < 4.78 is 5.14. The summed E-state index contributed by atoms with van der Waals surface area (Å²) in [5.41, 5.74) is 0.205. The number of halogens is 2. The molecule has 0 fully saturated rings. The van der Waals surface area contributed by atoms with E-state index in [4.69, 9.17) is 27.6 Å². The highest BCUT2D eigenvalue weighted by atomic mass is 35.5. The van der Waals surface area contributed by atoms with Crippen LogP contribution in [0.4, 0.5) is 0 Å². The molecule has 2 aromatic heterocycles. The van der Waals surface area contributed by atoms with Gasteiger partial charge < -0.3 is 9.73 Å². The van der Waals surface area contributed by atoms with Crippen molar-refractivity contribution in [3.63, 3.8) is 0 Å².